The first-order valence-corrected chi connectivity index (χ1v) is 12.3. The molecule has 1 fully saturated rings. The second-order valence-electron chi connectivity index (χ2n) is 9.20. The number of aliphatic hydroxyl groups is 1. The van der Waals surface area contributed by atoms with E-state index in [0.717, 1.165) is 0 Å². The van der Waals surface area contributed by atoms with Gasteiger partial charge in [-0.05, 0) is 68.2 Å². The van der Waals surface area contributed by atoms with Gasteiger partial charge in [-0.2, -0.15) is 4.39 Å². The molecule has 1 aliphatic rings. The number of benzene rings is 3. The molecule has 0 amide bonds. The van der Waals surface area contributed by atoms with Crippen molar-refractivity contribution in [2.24, 2.45) is 0 Å². The molecule has 36 heavy (non-hydrogen) atoms. The summed E-state index contributed by atoms with van der Waals surface area (Å²) in [5.41, 5.74) is 1.80. The van der Waals surface area contributed by atoms with Crippen molar-refractivity contribution in [2.75, 3.05) is 6.61 Å². The molecule has 1 aliphatic carbocycles. The van der Waals surface area contributed by atoms with Crippen LogP contribution in [0.25, 0.3) is 11.1 Å². The van der Waals surface area contributed by atoms with Crippen LogP contribution in [0.1, 0.15) is 68.2 Å². The summed E-state index contributed by atoms with van der Waals surface area (Å²) in [5, 5.41) is 9.63. The predicted octanol–water partition coefficient (Wildman–Crippen LogP) is 7.61. The Morgan fingerprint density at radius 3 is 2.17 bits per heavy atom. The molecule has 1 unspecified atom stereocenters. The molecule has 0 saturated heterocycles. The molecule has 7 heteroatoms. The van der Waals surface area contributed by atoms with Crippen molar-refractivity contribution in [2.45, 2.75) is 64.3 Å². The number of aliphatic hydroxyl groups excluding tert-OH is 1. The minimum absolute atomic E-state index is 0.0780. The van der Waals surface area contributed by atoms with Gasteiger partial charge >= 0.3 is 0 Å². The average molecular weight is 503 g/mol. The van der Waals surface area contributed by atoms with Gasteiger partial charge in [0.2, 0.25) is 5.82 Å². The summed E-state index contributed by atoms with van der Waals surface area (Å²) in [6, 6.07) is 12.7. The van der Waals surface area contributed by atoms with Crippen molar-refractivity contribution in [1.82, 2.24) is 0 Å². The first kappa shape index (κ1) is 26.2. The molecule has 0 aliphatic heterocycles. The highest BCUT2D eigenvalue weighted by molar-refractivity contribution is 5.65. The monoisotopic (exact) mass is 502 g/mol. The third kappa shape index (κ3) is 5.57. The molecule has 3 aromatic rings. The summed E-state index contributed by atoms with van der Waals surface area (Å²) in [7, 11) is 0. The summed E-state index contributed by atoms with van der Waals surface area (Å²) < 4.78 is 69.4. The van der Waals surface area contributed by atoms with Crippen LogP contribution in [0, 0.1) is 23.3 Å². The van der Waals surface area contributed by atoms with Crippen LogP contribution < -0.4 is 4.74 Å². The molecule has 0 radical (unpaired) electrons. The molecule has 1 N–H and O–H groups in total. The second kappa shape index (κ2) is 11.4. The van der Waals surface area contributed by atoms with Crippen molar-refractivity contribution in [3.05, 3.63) is 88.5 Å². The van der Waals surface area contributed by atoms with Crippen molar-refractivity contribution >= 4 is 0 Å². The van der Waals surface area contributed by atoms with Crippen molar-refractivity contribution in [3.63, 3.8) is 0 Å². The quantitative estimate of drug-likeness (QED) is 0.322. The maximum atomic E-state index is 14.8. The van der Waals surface area contributed by atoms with E-state index in [0.29, 0.717) is 42.4 Å². The summed E-state index contributed by atoms with van der Waals surface area (Å²) in [5.74, 6) is -3.96. The SMILES string of the molecule is CCOc1ccc(C2CCC(OCc3ccc(-c4ccc(C(C)O)cc4)c(F)c3F)CC2)c(F)c1F. The van der Waals surface area contributed by atoms with E-state index >= 15 is 0 Å². The Balaban J connectivity index is 1.36. The maximum Gasteiger partial charge on any atom is 0.200 e. The number of ether oxygens (including phenoxy) is 2. The molecule has 1 atom stereocenters. The van der Waals surface area contributed by atoms with Gasteiger partial charge in [0.25, 0.3) is 0 Å². The topological polar surface area (TPSA) is 38.7 Å². The van der Waals surface area contributed by atoms with Crippen molar-refractivity contribution < 1.29 is 32.1 Å². The predicted molar refractivity (Wildman–Crippen MR) is 130 cm³/mol. The lowest BCUT2D eigenvalue weighted by Gasteiger charge is -2.29. The van der Waals surface area contributed by atoms with Gasteiger partial charge in [-0.25, -0.2) is 13.2 Å². The van der Waals surface area contributed by atoms with E-state index in [1.165, 1.54) is 18.2 Å². The lowest BCUT2D eigenvalue weighted by Crippen LogP contribution is -2.21. The molecule has 0 aromatic heterocycles. The summed E-state index contributed by atoms with van der Waals surface area (Å²) >= 11 is 0. The molecule has 0 spiro atoms. The van der Waals surface area contributed by atoms with E-state index in [2.05, 4.69) is 0 Å². The minimum atomic E-state index is -0.965. The van der Waals surface area contributed by atoms with Gasteiger partial charge < -0.3 is 14.6 Å². The number of rotatable bonds is 8. The van der Waals surface area contributed by atoms with Gasteiger partial charge in [-0.15, -0.1) is 0 Å². The molecule has 0 heterocycles. The maximum absolute atomic E-state index is 14.8. The van der Waals surface area contributed by atoms with E-state index in [4.69, 9.17) is 9.47 Å². The van der Waals surface area contributed by atoms with Crippen LogP contribution >= 0.6 is 0 Å². The van der Waals surface area contributed by atoms with Crippen LogP contribution in [0.2, 0.25) is 0 Å². The third-order valence-electron chi connectivity index (χ3n) is 6.83. The van der Waals surface area contributed by atoms with Crippen LogP contribution in [0.4, 0.5) is 17.6 Å². The smallest absolute Gasteiger partial charge is 0.200 e. The summed E-state index contributed by atoms with van der Waals surface area (Å²) in [6.07, 6.45) is 1.61. The molecular weight excluding hydrogens is 472 g/mol. The Labute approximate surface area is 208 Å². The highest BCUT2D eigenvalue weighted by atomic mass is 19.2. The third-order valence-corrected chi connectivity index (χ3v) is 6.83. The van der Waals surface area contributed by atoms with Crippen LogP contribution in [0.3, 0.4) is 0 Å². The van der Waals surface area contributed by atoms with Gasteiger partial charge in [0.15, 0.2) is 23.2 Å². The van der Waals surface area contributed by atoms with E-state index in [-0.39, 0.29) is 42.1 Å². The van der Waals surface area contributed by atoms with E-state index in [1.54, 1.807) is 44.2 Å². The zero-order chi connectivity index (χ0) is 25.8. The molecule has 192 valence electrons. The molecule has 3 nitrogen and oxygen atoms in total. The van der Waals surface area contributed by atoms with E-state index in [9.17, 15) is 22.7 Å². The highest BCUT2D eigenvalue weighted by Gasteiger charge is 2.27. The fraction of sp³-hybridized carbons (Fsp3) is 0.379. The van der Waals surface area contributed by atoms with Gasteiger partial charge in [0, 0.05) is 11.1 Å². The zero-order valence-corrected chi connectivity index (χ0v) is 20.4. The largest absolute Gasteiger partial charge is 0.491 e. The molecule has 1 saturated carbocycles. The van der Waals surface area contributed by atoms with E-state index < -0.39 is 29.4 Å². The minimum Gasteiger partial charge on any atom is -0.491 e. The van der Waals surface area contributed by atoms with Crippen LogP contribution in [-0.2, 0) is 11.3 Å². The Morgan fingerprint density at radius 2 is 1.53 bits per heavy atom. The van der Waals surface area contributed by atoms with Gasteiger partial charge in [-0.3, -0.25) is 0 Å². The Hall–Kier alpha value is -2.90. The Morgan fingerprint density at radius 1 is 0.833 bits per heavy atom. The normalized spacial score (nSPS) is 18.8. The lowest BCUT2D eigenvalue weighted by atomic mass is 9.82. The van der Waals surface area contributed by atoms with Gasteiger partial charge in [0.1, 0.15) is 0 Å². The molecule has 3 aromatic carbocycles. The Kier molecular flexibility index (Phi) is 8.32. The van der Waals surface area contributed by atoms with Gasteiger partial charge in [-0.1, -0.05) is 42.5 Å². The first-order valence-electron chi connectivity index (χ1n) is 12.3. The average Bonchev–Trinajstić information content (AvgIpc) is 2.88. The van der Waals surface area contributed by atoms with E-state index in [1.807, 2.05) is 0 Å². The first-order chi connectivity index (χ1) is 17.3. The van der Waals surface area contributed by atoms with Crippen molar-refractivity contribution in [1.29, 1.82) is 0 Å². The van der Waals surface area contributed by atoms with Gasteiger partial charge in [0.05, 0.1) is 25.4 Å². The summed E-state index contributed by atoms with van der Waals surface area (Å²) in [6.45, 7) is 3.52. The fourth-order valence-corrected chi connectivity index (χ4v) is 4.74. The number of halogens is 4. The zero-order valence-electron chi connectivity index (χ0n) is 20.4. The highest BCUT2D eigenvalue weighted by Crippen LogP contribution is 2.38. The molecular formula is C29H30F4O3. The van der Waals surface area contributed by atoms with Crippen LogP contribution in [-0.4, -0.2) is 17.8 Å². The lowest BCUT2D eigenvalue weighted by molar-refractivity contribution is 0.0116. The summed E-state index contributed by atoms with van der Waals surface area (Å²) in [4.78, 5) is 0. The second-order valence-corrected chi connectivity index (χ2v) is 9.20. The standard InChI is InChI=1S/C29H30F4O3/c1-3-35-25-15-14-24(28(32)29(25)33)20-8-11-22(12-9-20)36-16-21-10-13-23(27(31)26(21)30)19-6-4-18(5-7-19)17(2)34/h4-7,10,13-15,17,20,22,34H,3,8-9,11-12,16H2,1-2H3. The fourth-order valence-electron chi connectivity index (χ4n) is 4.74. The number of hydrogen-bond donors (Lipinski definition) is 1. The van der Waals surface area contributed by atoms with Crippen LogP contribution in [0.5, 0.6) is 5.75 Å². The Bertz CT molecular complexity index is 1190. The number of hydrogen-bond acceptors (Lipinski definition) is 3. The van der Waals surface area contributed by atoms with Crippen LogP contribution in [0.15, 0.2) is 48.5 Å². The molecule has 0 bridgehead atoms. The molecule has 4 rings (SSSR count). The van der Waals surface area contributed by atoms with Crippen molar-refractivity contribution in [3.8, 4) is 16.9 Å².